The fourth-order valence-electron chi connectivity index (χ4n) is 3.81. The average molecular weight is 357 g/mol. The molecule has 1 aromatic carbocycles. The molecule has 0 amide bonds. The zero-order valence-corrected chi connectivity index (χ0v) is 15.1. The fraction of sp³-hybridized carbons (Fsp3) is 0.667. The van der Waals surface area contributed by atoms with Gasteiger partial charge in [0.15, 0.2) is 0 Å². The van der Waals surface area contributed by atoms with Crippen molar-refractivity contribution in [2.45, 2.75) is 37.5 Å². The molecule has 3 N–H and O–H groups in total. The molecule has 0 spiro atoms. The maximum Gasteiger partial charge on any atom is 0.119 e. The zero-order valence-electron chi connectivity index (χ0n) is 14.2. The van der Waals surface area contributed by atoms with Crippen LogP contribution in [-0.4, -0.2) is 50.6 Å². The molecule has 2 fully saturated rings. The van der Waals surface area contributed by atoms with Gasteiger partial charge in [0.25, 0.3) is 0 Å². The first-order valence-electron chi connectivity index (χ1n) is 8.64. The van der Waals surface area contributed by atoms with Crippen LogP contribution < -0.4 is 15.4 Å². The fourth-order valence-corrected chi connectivity index (χ4v) is 3.81. The molecule has 4 unspecified atom stereocenters. The van der Waals surface area contributed by atoms with Crippen molar-refractivity contribution in [3.05, 3.63) is 29.8 Å². The Morgan fingerprint density at radius 1 is 1.42 bits per heavy atom. The predicted molar refractivity (Wildman–Crippen MR) is 96.9 cm³/mol. The monoisotopic (exact) mass is 356 g/mol. The first-order valence-corrected chi connectivity index (χ1v) is 8.64. The van der Waals surface area contributed by atoms with Gasteiger partial charge in [-0.05, 0) is 36.5 Å². The van der Waals surface area contributed by atoms with E-state index in [0.29, 0.717) is 24.5 Å². The Morgan fingerprint density at radius 2 is 2.29 bits per heavy atom. The molecule has 24 heavy (non-hydrogen) atoms. The van der Waals surface area contributed by atoms with Gasteiger partial charge in [0.05, 0.1) is 26.4 Å². The number of hydrogen-bond acceptors (Lipinski definition) is 5. The summed E-state index contributed by atoms with van der Waals surface area (Å²) in [5.41, 5.74) is 0.894. The molecular weight excluding hydrogens is 328 g/mol. The summed E-state index contributed by atoms with van der Waals surface area (Å²) in [7, 11) is 1.64. The van der Waals surface area contributed by atoms with Crippen molar-refractivity contribution in [1.82, 2.24) is 10.6 Å². The van der Waals surface area contributed by atoms with Gasteiger partial charge in [-0.2, -0.15) is 0 Å². The van der Waals surface area contributed by atoms with Gasteiger partial charge in [-0.1, -0.05) is 18.6 Å². The molecule has 0 aromatic heterocycles. The molecular formula is C18H29ClN2O3. The van der Waals surface area contributed by atoms with Crippen molar-refractivity contribution in [2.24, 2.45) is 5.92 Å². The molecule has 6 heteroatoms. The Kier molecular flexibility index (Phi) is 7.78. The second-order valence-corrected chi connectivity index (χ2v) is 6.54. The number of hydrogen-bond donors (Lipinski definition) is 3. The molecule has 1 heterocycles. The molecule has 1 aliphatic heterocycles. The second-order valence-electron chi connectivity index (χ2n) is 6.54. The molecule has 5 nitrogen and oxygen atoms in total. The smallest absolute Gasteiger partial charge is 0.119 e. The Hall–Kier alpha value is -0.850. The van der Waals surface area contributed by atoms with Gasteiger partial charge in [-0.15, -0.1) is 12.4 Å². The molecule has 136 valence electrons. The van der Waals surface area contributed by atoms with Crippen LogP contribution in [0.4, 0.5) is 0 Å². The number of aliphatic hydroxyl groups excluding tert-OH is 1. The van der Waals surface area contributed by atoms with Crippen LogP contribution in [0.25, 0.3) is 0 Å². The van der Waals surface area contributed by atoms with Crippen molar-refractivity contribution in [2.75, 3.05) is 33.4 Å². The van der Waals surface area contributed by atoms with E-state index in [1.807, 2.05) is 24.3 Å². The normalized spacial score (nSPS) is 28.2. The highest BCUT2D eigenvalue weighted by atomic mass is 35.5. The van der Waals surface area contributed by atoms with Crippen molar-refractivity contribution in [3.8, 4) is 5.75 Å². The van der Waals surface area contributed by atoms with Gasteiger partial charge < -0.3 is 25.2 Å². The lowest BCUT2D eigenvalue weighted by Gasteiger charge is -2.33. The van der Waals surface area contributed by atoms with E-state index in [9.17, 15) is 5.11 Å². The second kappa shape index (κ2) is 9.59. The van der Waals surface area contributed by atoms with Crippen LogP contribution in [0.2, 0.25) is 0 Å². The number of rotatable bonds is 6. The molecule has 0 radical (unpaired) electrons. The molecule has 1 saturated carbocycles. The third-order valence-electron chi connectivity index (χ3n) is 5.09. The van der Waals surface area contributed by atoms with E-state index in [-0.39, 0.29) is 12.4 Å². The van der Waals surface area contributed by atoms with Gasteiger partial charge in [-0.25, -0.2) is 0 Å². The lowest BCUT2D eigenvalue weighted by molar-refractivity contribution is 0.0513. The van der Waals surface area contributed by atoms with Crippen molar-refractivity contribution in [3.63, 3.8) is 0 Å². The average Bonchev–Trinajstić information content (AvgIpc) is 3.09. The SMILES string of the molecule is COc1cccc(C(O)CNC2CCCC2C2COCCN2)c1.Cl. The van der Waals surface area contributed by atoms with Gasteiger partial charge in [0, 0.05) is 25.2 Å². The number of morpholine rings is 1. The summed E-state index contributed by atoms with van der Waals surface area (Å²) in [6.07, 6.45) is 3.14. The highest BCUT2D eigenvalue weighted by Crippen LogP contribution is 2.30. The Morgan fingerprint density at radius 3 is 3.04 bits per heavy atom. The van der Waals surface area contributed by atoms with Crippen LogP contribution in [0.15, 0.2) is 24.3 Å². The van der Waals surface area contributed by atoms with Crippen LogP contribution in [0.5, 0.6) is 5.75 Å². The number of nitrogens with one attached hydrogen (secondary N) is 2. The van der Waals surface area contributed by atoms with Crippen LogP contribution in [0.3, 0.4) is 0 Å². The summed E-state index contributed by atoms with van der Waals surface area (Å²) < 4.78 is 10.8. The van der Waals surface area contributed by atoms with E-state index in [2.05, 4.69) is 10.6 Å². The standard InChI is InChI=1S/C18H28N2O3.ClH/c1-22-14-5-2-4-13(10-14)18(21)11-20-16-7-3-6-15(16)17-12-23-9-8-19-17;/h2,4-5,10,15-21H,3,6-9,11-12H2,1H3;1H. The summed E-state index contributed by atoms with van der Waals surface area (Å²) in [4.78, 5) is 0. The molecule has 3 rings (SSSR count). The Labute approximate surface area is 150 Å². The van der Waals surface area contributed by atoms with Crippen LogP contribution in [0, 0.1) is 5.92 Å². The van der Waals surface area contributed by atoms with Gasteiger partial charge in [0.2, 0.25) is 0 Å². The van der Waals surface area contributed by atoms with E-state index in [0.717, 1.165) is 31.1 Å². The molecule has 1 aromatic rings. The minimum absolute atomic E-state index is 0. The zero-order chi connectivity index (χ0) is 16.1. The number of halogens is 1. The van der Waals surface area contributed by atoms with E-state index in [1.54, 1.807) is 7.11 Å². The molecule has 1 aliphatic carbocycles. The Balaban J connectivity index is 0.00000208. The minimum atomic E-state index is -0.512. The van der Waals surface area contributed by atoms with Gasteiger partial charge in [0.1, 0.15) is 5.75 Å². The number of aliphatic hydroxyl groups is 1. The lowest BCUT2D eigenvalue weighted by Crippen LogP contribution is -2.51. The molecule has 1 saturated heterocycles. The van der Waals surface area contributed by atoms with E-state index in [4.69, 9.17) is 9.47 Å². The summed E-state index contributed by atoms with van der Waals surface area (Å²) in [5.74, 6) is 1.37. The van der Waals surface area contributed by atoms with Gasteiger partial charge >= 0.3 is 0 Å². The number of benzene rings is 1. The predicted octanol–water partition coefficient (Wildman–Crippen LogP) is 1.90. The third kappa shape index (κ3) is 4.83. The van der Waals surface area contributed by atoms with Crippen molar-refractivity contribution < 1.29 is 14.6 Å². The van der Waals surface area contributed by atoms with Crippen molar-refractivity contribution >= 4 is 12.4 Å². The molecule has 2 aliphatic rings. The van der Waals surface area contributed by atoms with E-state index >= 15 is 0 Å². The maximum absolute atomic E-state index is 10.4. The lowest BCUT2D eigenvalue weighted by atomic mass is 9.93. The van der Waals surface area contributed by atoms with Crippen LogP contribution >= 0.6 is 12.4 Å². The van der Waals surface area contributed by atoms with Crippen LogP contribution in [-0.2, 0) is 4.74 Å². The van der Waals surface area contributed by atoms with E-state index < -0.39 is 6.10 Å². The first-order chi connectivity index (χ1) is 11.3. The minimum Gasteiger partial charge on any atom is -0.497 e. The number of methoxy groups -OCH3 is 1. The van der Waals surface area contributed by atoms with Crippen LogP contribution in [0.1, 0.15) is 30.9 Å². The third-order valence-corrected chi connectivity index (χ3v) is 5.09. The summed E-state index contributed by atoms with van der Waals surface area (Å²) >= 11 is 0. The molecule has 0 bridgehead atoms. The summed E-state index contributed by atoms with van der Waals surface area (Å²) in [5, 5.41) is 17.6. The first kappa shape index (κ1) is 19.5. The number of ether oxygens (including phenoxy) is 2. The quantitative estimate of drug-likeness (QED) is 0.726. The van der Waals surface area contributed by atoms with Gasteiger partial charge in [-0.3, -0.25) is 0 Å². The topological polar surface area (TPSA) is 62.8 Å². The highest BCUT2D eigenvalue weighted by molar-refractivity contribution is 5.85. The Bertz CT molecular complexity index is 497. The van der Waals surface area contributed by atoms with E-state index in [1.165, 1.54) is 19.3 Å². The summed E-state index contributed by atoms with van der Waals surface area (Å²) in [6.45, 7) is 3.14. The van der Waals surface area contributed by atoms with Crippen molar-refractivity contribution in [1.29, 1.82) is 0 Å². The largest absolute Gasteiger partial charge is 0.497 e. The summed E-state index contributed by atoms with van der Waals surface area (Å²) in [6, 6.07) is 8.55. The highest BCUT2D eigenvalue weighted by Gasteiger charge is 2.34. The molecule has 4 atom stereocenters. The maximum atomic E-state index is 10.4.